The van der Waals surface area contributed by atoms with E-state index < -0.39 is 0 Å². The lowest BCUT2D eigenvalue weighted by molar-refractivity contribution is 0.180. The first-order chi connectivity index (χ1) is 12.1. The number of rotatable bonds is 4. The molecule has 132 valence electrons. The zero-order valence-corrected chi connectivity index (χ0v) is 14.7. The summed E-state index contributed by atoms with van der Waals surface area (Å²) >= 11 is 0. The van der Waals surface area contributed by atoms with Gasteiger partial charge in [-0.15, -0.1) is 0 Å². The molecule has 1 aliphatic heterocycles. The van der Waals surface area contributed by atoms with Crippen molar-refractivity contribution >= 4 is 11.7 Å². The molecule has 25 heavy (non-hydrogen) atoms. The van der Waals surface area contributed by atoms with E-state index in [1.807, 2.05) is 48.2 Å². The van der Waals surface area contributed by atoms with Crippen LogP contribution >= 0.6 is 0 Å². The van der Waals surface area contributed by atoms with Gasteiger partial charge in [-0.3, -0.25) is 0 Å². The van der Waals surface area contributed by atoms with E-state index in [4.69, 9.17) is 0 Å². The molecule has 0 spiro atoms. The summed E-state index contributed by atoms with van der Waals surface area (Å²) in [6, 6.07) is 15.4. The monoisotopic (exact) mass is 338 g/mol. The van der Waals surface area contributed by atoms with Crippen molar-refractivity contribution in [1.29, 1.82) is 0 Å². The fourth-order valence-corrected chi connectivity index (χ4v) is 3.30. The highest BCUT2D eigenvalue weighted by atomic mass is 16.3. The second kappa shape index (κ2) is 8.06. The highest BCUT2D eigenvalue weighted by Crippen LogP contribution is 2.23. The second-order valence-electron chi connectivity index (χ2n) is 6.93. The van der Waals surface area contributed by atoms with E-state index in [-0.39, 0.29) is 6.03 Å². The van der Waals surface area contributed by atoms with Crippen LogP contribution in [0.3, 0.4) is 0 Å². The maximum Gasteiger partial charge on any atom is 0.321 e. The van der Waals surface area contributed by atoms with Crippen LogP contribution in [0.1, 0.15) is 30.4 Å². The Morgan fingerprint density at radius 1 is 1.08 bits per heavy atom. The number of urea groups is 1. The maximum atomic E-state index is 12.4. The highest BCUT2D eigenvalue weighted by molar-refractivity contribution is 5.89. The number of anilines is 1. The number of phenolic OH excluding ortho intramolecular Hbond substituents is 1. The Hall–Kier alpha value is -2.49. The lowest BCUT2D eigenvalue weighted by Crippen LogP contribution is -2.41. The second-order valence-corrected chi connectivity index (χ2v) is 6.93. The lowest BCUT2D eigenvalue weighted by atomic mass is 9.90. The highest BCUT2D eigenvalue weighted by Gasteiger charge is 2.22. The molecule has 1 fully saturated rings. The van der Waals surface area contributed by atoms with Crippen LogP contribution in [0.15, 0.2) is 48.5 Å². The first-order valence-corrected chi connectivity index (χ1v) is 9.00. The number of amides is 2. The van der Waals surface area contributed by atoms with E-state index in [0.717, 1.165) is 44.5 Å². The van der Waals surface area contributed by atoms with Crippen molar-refractivity contribution in [3.63, 3.8) is 0 Å². The quantitative estimate of drug-likeness (QED) is 0.857. The molecular weight excluding hydrogens is 312 g/mol. The molecule has 0 aliphatic carbocycles. The molecule has 0 aromatic heterocycles. The number of phenols is 1. The van der Waals surface area contributed by atoms with Gasteiger partial charge in [-0.2, -0.15) is 0 Å². The van der Waals surface area contributed by atoms with E-state index in [1.165, 1.54) is 11.1 Å². The molecule has 0 radical (unpaired) electrons. The van der Waals surface area contributed by atoms with Crippen molar-refractivity contribution in [3.8, 4) is 5.75 Å². The number of likely N-dealkylation sites (tertiary alicyclic amines) is 1. The summed E-state index contributed by atoms with van der Waals surface area (Å²) in [7, 11) is 0. The zero-order valence-electron chi connectivity index (χ0n) is 14.7. The molecule has 1 aliphatic rings. The third-order valence-corrected chi connectivity index (χ3v) is 4.98. The number of piperidine rings is 1. The minimum Gasteiger partial charge on any atom is -0.508 e. The molecule has 1 heterocycles. The van der Waals surface area contributed by atoms with Gasteiger partial charge in [0, 0.05) is 18.8 Å². The van der Waals surface area contributed by atoms with E-state index in [1.54, 1.807) is 12.1 Å². The maximum absolute atomic E-state index is 12.4. The third-order valence-electron chi connectivity index (χ3n) is 4.98. The number of benzene rings is 2. The van der Waals surface area contributed by atoms with Crippen molar-refractivity contribution in [2.75, 3.05) is 18.4 Å². The number of nitrogens with zero attached hydrogens (tertiary/aromatic N) is 1. The van der Waals surface area contributed by atoms with Crippen LogP contribution in [0, 0.1) is 12.8 Å². The molecule has 2 N–H and O–H groups in total. The standard InChI is InChI=1S/C21H26N2O2/c1-16-2-8-19(9-3-16)22-21(25)23-14-12-18(13-15-23)5-4-17-6-10-20(24)11-7-17/h2-3,6-11,18,24H,4-5,12-15H2,1H3,(H,22,25). The Labute approximate surface area is 149 Å². The fourth-order valence-electron chi connectivity index (χ4n) is 3.30. The van der Waals surface area contributed by atoms with Crippen LogP contribution in [0.5, 0.6) is 5.75 Å². The predicted molar refractivity (Wildman–Crippen MR) is 101 cm³/mol. The van der Waals surface area contributed by atoms with Crippen LogP contribution in [-0.4, -0.2) is 29.1 Å². The van der Waals surface area contributed by atoms with Gasteiger partial charge in [0.15, 0.2) is 0 Å². The summed E-state index contributed by atoms with van der Waals surface area (Å²) in [6.07, 6.45) is 4.28. The van der Waals surface area contributed by atoms with Gasteiger partial charge >= 0.3 is 6.03 Å². The Bertz CT molecular complexity index is 687. The smallest absolute Gasteiger partial charge is 0.321 e. The number of carbonyl (C=O) groups is 1. The van der Waals surface area contributed by atoms with Gasteiger partial charge in [0.25, 0.3) is 0 Å². The van der Waals surface area contributed by atoms with Crippen LogP contribution < -0.4 is 5.32 Å². The Morgan fingerprint density at radius 3 is 2.36 bits per heavy atom. The molecule has 0 saturated carbocycles. The van der Waals surface area contributed by atoms with E-state index in [9.17, 15) is 9.90 Å². The molecule has 3 rings (SSSR count). The number of hydrogen-bond acceptors (Lipinski definition) is 2. The molecule has 2 aromatic carbocycles. The van der Waals surface area contributed by atoms with Crippen molar-refractivity contribution in [1.82, 2.24) is 4.90 Å². The number of nitrogens with one attached hydrogen (secondary N) is 1. The average Bonchev–Trinajstić information content (AvgIpc) is 2.63. The number of aryl methyl sites for hydroxylation is 2. The van der Waals surface area contributed by atoms with Gasteiger partial charge in [0.05, 0.1) is 0 Å². The summed E-state index contributed by atoms with van der Waals surface area (Å²) in [5.41, 5.74) is 3.30. The van der Waals surface area contributed by atoms with Crippen LogP contribution in [0.25, 0.3) is 0 Å². The van der Waals surface area contributed by atoms with Crippen molar-refractivity contribution in [3.05, 3.63) is 59.7 Å². The number of hydrogen-bond donors (Lipinski definition) is 2. The largest absolute Gasteiger partial charge is 0.508 e. The van der Waals surface area contributed by atoms with Gasteiger partial charge in [-0.1, -0.05) is 29.8 Å². The third kappa shape index (κ3) is 4.99. The van der Waals surface area contributed by atoms with Crippen molar-refractivity contribution in [2.45, 2.75) is 32.6 Å². The molecule has 2 aromatic rings. The minimum absolute atomic E-state index is 0.000776. The summed E-state index contributed by atoms with van der Waals surface area (Å²) in [6.45, 7) is 3.67. The van der Waals surface area contributed by atoms with Crippen LogP contribution in [-0.2, 0) is 6.42 Å². The molecule has 4 nitrogen and oxygen atoms in total. The molecular formula is C21H26N2O2. The summed E-state index contributed by atoms with van der Waals surface area (Å²) in [5.74, 6) is 0.980. The fraction of sp³-hybridized carbons (Fsp3) is 0.381. The van der Waals surface area contributed by atoms with Gasteiger partial charge in [0.2, 0.25) is 0 Å². The van der Waals surface area contributed by atoms with Gasteiger partial charge in [0.1, 0.15) is 5.75 Å². The van der Waals surface area contributed by atoms with Crippen molar-refractivity contribution < 1.29 is 9.90 Å². The number of carbonyl (C=O) groups excluding carboxylic acids is 1. The summed E-state index contributed by atoms with van der Waals surface area (Å²) < 4.78 is 0. The topological polar surface area (TPSA) is 52.6 Å². The SMILES string of the molecule is Cc1ccc(NC(=O)N2CCC(CCc3ccc(O)cc3)CC2)cc1. The van der Waals surface area contributed by atoms with Gasteiger partial charge < -0.3 is 15.3 Å². The zero-order chi connectivity index (χ0) is 17.6. The van der Waals surface area contributed by atoms with Crippen molar-refractivity contribution in [2.24, 2.45) is 5.92 Å². The molecule has 0 unspecified atom stereocenters. The van der Waals surface area contributed by atoms with E-state index in [2.05, 4.69) is 5.32 Å². The van der Waals surface area contributed by atoms with E-state index in [0.29, 0.717) is 11.7 Å². The average molecular weight is 338 g/mol. The Morgan fingerprint density at radius 2 is 1.72 bits per heavy atom. The molecule has 0 atom stereocenters. The molecule has 0 bridgehead atoms. The Kier molecular flexibility index (Phi) is 5.59. The normalized spacial score (nSPS) is 15.2. The molecule has 4 heteroatoms. The number of aromatic hydroxyl groups is 1. The first-order valence-electron chi connectivity index (χ1n) is 9.00. The van der Waals surface area contributed by atoms with E-state index >= 15 is 0 Å². The van der Waals surface area contributed by atoms with Crippen LogP contribution in [0.2, 0.25) is 0 Å². The van der Waals surface area contributed by atoms with Crippen LogP contribution in [0.4, 0.5) is 10.5 Å². The predicted octanol–water partition coefficient (Wildman–Crippen LogP) is 4.58. The Balaban J connectivity index is 1.42. The van der Waals surface area contributed by atoms with Gasteiger partial charge in [-0.05, 0) is 68.4 Å². The molecule has 2 amide bonds. The molecule has 1 saturated heterocycles. The summed E-state index contributed by atoms with van der Waals surface area (Å²) in [5, 5.41) is 12.3. The summed E-state index contributed by atoms with van der Waals surface area (Å²) in [4.78, 5) is 14.3. The van der Waals surface area contributed by atoms with Gasteiger partial charge in [-0.25, -0.2) is 4.79 Å². The lowest BCUT2D eigenvalue weighted by Gasteiger charge is -2.32. The first kappa shape index (κ1) is 17.3. The minimum atomic E-state index is 0.000776.